The van der Waals surface area contributed by atoms with E-state index in [0.717, 1.165) is 29.9 Å². The molecule has 1 heterocycles. The summed E-state index contributed by atoms with van der Waals surface area (Å²) in [5.41, 5.74) is 2.86. The maximum absolute atomic E-state index is 9.07. The van der Waals surface area contributed by atoms with Crippen molar-refractivity contribution < 1.29 is 0 Å². The van der Waals surface area contributed by atoms with E-state index in [2.05, 4.69) is 16.7 Å². The molecular formula is C14H19N3. The Morgan fingerprint density at radius 2 is 2.35 bits per heavy atom. The number of nitrogens with one attached hydrogen (secondary N) is 2. The van der Waals surface area contributed by atoms with Gasteiger partial charge in [-0.25, -0.2) is 0 Å². The van der Waals surface area contributed by atoms with Crippen LogP contribution in [0.5, 0.6) is 0 Å². The summed E-state index contributed by atoms with van der Waals surface area (Å²) < 4.78 is 0. The zero-order chi connectivity index (χ0) is 12.1. The van der Waals surface area contributed by atoms with Crippen molar-refractivity contribution in [2.75, 3.05) is 18.4 Å². The molecule has 1 aromatic rings. The number of hydrogen-bond acceptors (Lipinski definition) is 3. The van der Waals surface area contributed by atoms with Crippen LogP contribution in [-0.4, -0.2) is 19.1 Å². The highest BCUT2D eigenvalue weighted by molar-refractivity contribution is 5.62. The van der Waals surface area contributed by atoms with E-state index < -0.39 is 0 Å². The van der Waals surface area contributed by atoms with Gasteiger partial charge in [0.2, 0.25) is 0 Å². The Labute approximate surface area is 103 Å². The Kier molecular flexibility index (Phi) is 4.00. The van der Waals surface area contributed by atoms with Gasteiger partial charge in [-0.3, -0.25) is 0 Å². The Balaban J connectivity index is 2.00. The summed E-state index contributed by atoms with van der Waals surface area (Å²) in [6.45, 7) is 4.06. The summed E-state index contributed by atoms with van der Waals surface area (Å²) in [7, 11) is 0. The lowest BCUT2D eigenvalue weighted by molar-refractivity contribution is 0.414. The van der Waals surface area contributed by atoms with Crippen LogP contribution in [0.25, 0.3) is 0 Å². The Bertz CT molecular complexity index is 414. The molecule has 1 saturated heterocycles. The summed E-state index contributed by atoms with van der Waals surface area (Å²) in [5, 5.41) is 16.0. The van der Waals surface area contributed by atoms with Crippen molar-refractivity contribution in [2.24, 2.45) is 0 Å². The van der Waals surface area contributed by atoms with Gasteiger partial charge < -0.3 is 10.6 Å². The summed E-state index contributed by atoms with van der Waals surface area (Å²) in [6.07, 6.45) is 3.81. The smallest absolute Gasteiger partial charge is 0.101 e. The molecule has 2 N–H and O–H groups in total. The van der Waals surface area contributed by atoms with Gasteiger partial charge in [0.25, 0.3) is 0 Å². The van der Waals surface area contributed by atoms with E-state index in [1.54, 1.807) is 0 Å². The van der Waals surface area contributed by atoms with Gasteiger partial charge in [0.15, 0.2) is 0 Å². The van der Waals surface area contributed by atoms with Crippen LogP contribution in [0.15, 0.2) is 18.2 Å². The first-order chi connectivity index (χ1) is 8.31. The maximum atomic E-state index is 9.07. The van der Waals surface area contributed by atoms with Gasteiger partial charge in [-0.1, -0.05) is 18.6 Å². The Morgan fingerprint density at radius 1 is 1.47 bits per heavy atom. The van der Waals surface area contributed by atoms with Crippen LogP contribution in [0.4, 0.5) is 5.69 Å². The Hall–Kier alpha value is -1.53. The molecule has 0 spiro atoms. The van der Waals surface area contributed by atoms with Crippen molar-refractivity contribution in [1.82, 2.24) is 5.32 Å². The van der Waals surface area contributed by atoms with E-state index in [0.29, 0.717) is 6.04 Å². The number of para-hydroxylation sites is 1. The van der Waals surface area contributed by atoms with Gasteiger partial charge in [-0.2, -0.15) is 5.26 Å². The molecule has 1 fully saturated rings. The topological polar surface area (TPSA) is 47.9 Å². The van der Waals surface area contributed by atoms with Gasteiger partial charge in [-0.15, -0.1) is 0 Å². The highest BCUT2D eigenvalue weighted by atomic mass is 15.0. The molecule has 2 rings (SSSR count). The van der Waals surface area contributed by atoms with Crippen LogP contribution in [0.2, 0.25) is 0 Å². The first-order valence-corrected chi connectivity index (χ1v) is 6.28. The number of nitriles is 1. The van der Waals surface area contributed by atoms with Gasteiger partial charge in [-0.05, 0) is 37.9 Å². The molecule has 1 aliphatic heterocycles. The summed E-state index contributed by atoms with van der Waals surface area (Å²) >= 11 is 0. The third-order valence-corrected chi connectivity index (χ3v) is 3.33. The number of nitrogens with zero attached hydrogens (tertiary/aromatic N) is 1. The molecule has 0 aromatic heterocycles. The largest absolute Gasteiger partial charge is 0.382 e. The molecule has 0 bridgehead atoms. The van der Waals surface area contributed by atoms with E-state index >= 15 is 0 Å². The van der Waals surface area contributed by atoms with Crippen LogP contribution < -0.4 is 10.6 Å². The minimum atomic E-state index is 0.537. The fourth-order valence-electron chi connectivity index (χ4n) is 2.32. The molecule has 0 radical (unpaired) electrons. The number of anilines is 1. The first kappa shape index (κ1) is 11.9. The molecule has 1 atom stereocenters. The molecule has 17 heavy (non-hydrogen) atoms. The lowest BCUT2D eigenvalue weighted by atomic mass is 10.0. The Morgan fingerprint density at radius 3 is 3.06 bits per heavy atom. The van der Waals surface area contributed by atoms with E-state index in [1.165, 1.54) is 19.3 Å². The number of hydrogen-bond donors (Lipinski definition) is 2. The lowest BCUT2D eigenvalue weighted by Crippen LogP contribution is -2.39. The minimum Gasteiger partial charge on any atom is -0.382 e. The molecular weight excluding hydrogens is 210 g/mol. The predicted octanol–water partition coefficient (Wildman–Crippen LogP) is 2.42. The van der Waals surface area contributed by atoms with Gasteiger partial charge in [0.05, 0.1) is 11.3 Å². The fourth-order valence-corrected chi connectivity index (χ4v) is 2.32. The average Bonchev–Trinajstić information content (AvgIpc) is 2.38. The van der Waals surface area contributed by atoms with Gasteiger partial charge in [0, 0.05) is 12.6 Å². The maximum Gasteiger partial charge on any atom is 0.101 e. The molecule has 90 valence electrons. The second-order valence-electron chi connectivity index (χ2n) is 4.64. The van der Waals surface area contributed by atoms with E-state index in [4.69, 9.17) is 5.26 Å². The molecule has 3 nitrogen and oxygen atoms in total. The zero-order valence-electron chi connectivity index (χ0n) is 10.3. The van der Waals surface area contributed by atoms with E-state index in [-0.39, 0.29) is 0 Å². The van der Waals surface area contributed by atoms with E-state index in [9.17, 15) is 0 Å². The first-order valence-electron chi connectivity index (χ1n) is 6.28. The molecule has 1 aliphatic rings. The van der Waals surface area contributed by atoms with Crippen molar-refractivity contribution >= 4 is 5.69 Å². The molecule has 0 amide bonds. The quantitative estimate of drug-likeness (QED) is 0.836. The second-order valence-corrected chi connectivity index (χ2v) is 4.64. The van der Waals surface area contributed by atoms with Crippen LogP contribution >= 0.6 is 0 Å². The van der Waals surface area contributed by atoms with Crippen LogP contribution in [0, 0.1) is 18.3 Å². The monoisotopic (exact) mass is 229 g/mol. The normalized spacial score (nSPS) is 19.6. The van der Waals surface area contributed by atoms with Crippen molar-refractivity contribution in [3.8, 4) is 6.07 Å². The fraction of sp³-hybridized carbons (Fsp3) is 0.500. The highest BCUT2D eigenvalue weighted by Crippen LogP contribution is 2.20. The van der Waals surface area contributed by atoms with Crippen LogP contribution in [-0.2, 0) is 0 Å². The van der Waals surface area contributed by atoms with Crippen LogP contribution in [0.3, 0.4) is 0 Å². The van der Waals surface area contributed by atoms with Gasteiger partial charge >= 0.3 is 0 Å². The minimum absolute atomic E-state index is 0.537. The molecule has 3 heteroatoms. The molecule has 1 aromatic carbocycles. The van der Waals surface area contributed by atoms with Crippen molar-refractivity contribution in [3.63, 3.8) is 0 Å². The second kappa shape index (κ2) is 5.70. The zero-order valence-corrected chi connectivity index (χ0v) is 10.3. The van der Waals surface area contributed by atoms with Crippen molar-refractivity contribution in [1.29, 1.82) is 5.26 Å². The third-order valence-electron chi connectivity index (χ3n) is 3.33. The standard InChI is InChI=1S/C14H19N3/c1-11-5-4-6-12(9-15)14(11)17-10-13-7-2-3-8-16-13/h4-6,13,16-17H,2-3,7-8,10H2,1H3. The van der Waals surface area contributed by atoms with Crippen molar-refractivity contribution in [3.05, 3.63) is 29.3 Å². The summed E-state index contributed by atoms with van der Waals surface area (Å²) in [4.78, 5) is 0. The summed E-state index contributed by atoms with van der Waals surface area (Å²) in [6, 6.07) is 8.61. The average molecular weight is 229 g/mol. The lowest BCUT2D eigenvalue weighted by Gasteiger charge is -2.24. The van der Waals surface area contributed by atoms with Crippen molar-refractivity contribution in [2.45, 2.75) is 32.2 Å². The van der Waals surface area contributed by atoms with Gasteiger partial charge in [0.1, 0.15) is 6.07 Å². The molecule has 1 unspecified atom stereocenters. The SMILES string of the molecule is Cc1cccc(C#N)c1NCC1CCCCN1. The summed E-state index contributed by atoms with van der Waals surface area (Å²) in [5.74, 6) is 0. The third kappa shape index (κ3) is 2.98. The molecule has 0 saturated carbocycles. The molecule has 0 aliphatic carbocycles. The number of aryl methyl sites for hydroxylation is 1. The highest BCUT2D eigenvalue weighted by Gasteiger charge is 2.13. The number of rotatable bonds is 3. The van der Waals surface area contributed by atoms with Crippen LogP contribution in [0.1, 0.15) is 30.4 Å². The number of benzene rings is 1. The number of piperidine rings is 1. The predicted molar refractivity (Wildman–Crippen MR) is 70.0 cm³/mol. The van der Waals surface area contributed by atoms with E-state index in [1.807, 2.05) is 25.1 Å².